The molecule has 5 nitrogen and oxygen atoms in total. The fourth-order valence-corrected chi connectivity index (χ4v) is 7.01. The molecule has 1 heterocycles. The molecule has 0 aromatic carbocycles. The van der Waals surface area contributed by atoms with Gasteiger partial charge in [0.05, 0.1) is 12.7 Å². The van der Waals surface area contributed by atoms with E-state index >= 15 is 0 Å². The van der Waals surface area contributed by atoms with Crippen molar-refractivity contribution in [1.82, 2.24) is 0 Å². The highest BCUT2D eigenvalue weighted by molar-refractivity contribution is 6.71. The van der Waals surface area contributed by atoms with Gasteiger partial charge >= 0.3 is 0 Å². The van der Waals surface area contributed by atoms with Crippen LogP contribution in [0.1, 0.15) is 0 Å². The van der Waals surface area contributed by atoms with Crippen molar-refractivity contribution in [3.63, 3.8) is 0 Å². The molecule has 0 unspecified atom stereocenters. The Balaban J connectivity index is 3.20. The Kier molecular flexibility index (Phi) is 8.15. The van der Waals surface area contributed by atoms with Gasteiger partial charge in [-0.1, -0.05) is 0 Å². The molecule has 1 rings (SSSR count). The largest absolute Gasteiger partial charge is 0.410 e. The second-order valence-electron chi connectivity index (χ2n) is 11.1. The third kappa shape index (κ3) is 9.74. The minimum Gasteiger partial charge on any atom is -0.410 e. The van der Waals surface area contributed by atoms with E-state index in [1.807, 2.05) is 0 Å². The lowest BCUT2D eigenvalue weighted by molar-refractivity contribution is -0.232. The van der Waals surface area contributed by atoms with Crippen LogP contribution in [0.25, 0.3) is 0 Å². The summed E-state index contributed by atoms with van der Waals surface area (Å²) in [5.41, 5.74) is 0. The number of rotatable bonds is 8. The fraction of sp³-hybridized carbons (Fsp3) is 1.00. The predicted molar refractivity (Wildman–Crippen MR) is 119 cm³/mol. The molecule has 1 fully saturated rings. The molecule has 0 N–H and O–H groups in total. The second kappa shape index (κ2) is 8.58. The maximum Gasteiger partial charge on any atom is 0.187 e. The lowest BCUT2D eigenvalue weighted by Gasteiger charge is -2.48. The van der Waals surface area contributed by atoms with Crippen LogP contribution in [0.15, 0.2) is 0 Å². The van der Waals surface area contributed by atoms with E-state index in [-0.39, 0.29) is 24.6 Å². The Hall–Kier alpha value is 0.668. The van der Waals surface area contributed by atoms with Crippen LogP contribution in [-0.2, 0) is 22.4 Å². The molecule has 1 aliphatic rings. The summed E-state index contributed by atoms with van der Waals surface area (Å²) in [5, 5.41) is 0. The summed E-state index contributed by atoms with van der Waals surface area (Å²) < 4.78 is 32.2. The first-order valence-electron chi connectivity index (χ1n) is 9.69. The van der Waals surface area contributed by atoms with E-state index in [2.05, 4.69) is 78.6 Å². The molecule has 0 bridgehead atoms. The highest BCUT2D eigenvalue weighted by atomic mass is 28.4. The Morgan fingerprint density at radius 2 is 0.923 bits per heavy atom. The van der Waals surface area contributed by atoms with Gasteiger partial charge < -0.3 is 22.4 Å². The predicted octanol–water partition coefficient (Wildman–Crippen LogP) is 4.85. The van der Waals surface area contributed by atoms with E-state index in [9.17, 15) is 0 Å². The van der Waals surface area contributed by atoms with Crippen molar-refractivity contribution in [3.8, 4) is 0 Å². The molecule has 1 aliphatic heterocycles. The number of hydrogen-bond donors (Lipinski definition) is 0. The van der Waals surface area contributed by atoms with Crippen molar-refractivity contribution in [1.29, 1.82) is 0 Å². The van der Waals surface area contributed by atoms with E-state index < -0.39 is 33.3 Å². The molecule has 0 aromatic heterocycles. The van der Waals surface area contributed by atoms with E-state index in [4.69, 9.17) is 22.4 Å². The third-order valence-corrected chi connectivity index (χ3v) is 7.24. The van der Waals surface area contributed by atoms with E-state index in [1.54, 1.807) is 0 Å². The van der Waals surface area contributed by atoms with Gasteiger partial charge in [0.1, 0.15) is 12.2 Å². The maximum absolute atomic E-state index is 6.63. The van der Waals surface area contributed by atoms with E-state index in [0.29, 0.717) is 6.61 Å². The molecule has 9 heteroatoms. The normalized spacial score (nSPS) is 29.1. The Bertz CT molecular complexity index is 406. The molecule has 1 saturated heterocycles. The van der Waals surface area contributed by atoms with Crippen molar-refractivity contribution >= 4 is 33.3 Å². The zero-order chi connectivity index (χ0) is 20.6. The fourth-order valence-electron chi connectivity index (χ4n) is 2.83. The van der Waals surface area contributed by atoms with Gasteiger partial charge in [-0.15, -0.1) is 0 Å². The lowest BCUT2D eigenvalue weighted by atomic mass is 10.1. The first-order valence-corrected chi connectivity index (χ1v) is 23.3. The van der Waals surface area contributed by atoms with Crippen LogP contribution in [0, 0.1) is 0 Å². The van der Waals surface area contributed by atoms with Crippen molar-refractivity contribution in [3.05, 3.63) is 0 Å². The molecule has 156 valence electrons. The van der Waals surface area contributed by atoms with Gasteiger partial charge in [0.2, 0.25) is 0 Å². The zero-order valence-corrected chi connectivity index (χ0v) is 23.1. The van der Waals surface area contributed by atoms with Crippen molar-refractivity contribution < 1.29 is 22.4 Å². The second-order valence-corrected chi connectivity index (χ2v) is 28.9. The molecule has 0 aliphatic carbocycles. The molecular weight excluding hydrogens is 397 g/mol. The summed E-state index contributed by atoms with van der Waals surface area (Å²) in [5.74, 6) is 0. The summed E-state index contributed by atoms with van der Waals surface area (Å²) in [6.45, 7) is 26.9. The molecule has 0 aromatic rings. The molecule has 26 heavy (non-hydrogen) atoms. The zero-order valence-electron chi connectivity index (χ0n) is 19.1. The smallest absolute Gasteiger partial charge is 0.187 e. The summed E-state index contributed by atoms with van der Waals surface area (Å²) >= 11 is 0. The van der Waals surface area contributed by atoms with Crippen LogP contribution < -0.4 is 0 Å². The van der Waals surface area contributed by atoms with Gasteiger partial charge in [-0.3, -0.25) is 0 Å². The van der Waals surface area contributed by atoms with Gasteiger partial charge in [0, 0.05) is 0 Å². The van der Waals surface area contributed by atoms with Crippen LogP contribution in [0.5, 0.6) is 0 Å². The minimum absolute atomic E-state index is 0.101. The van der Waals surface area contributed by atoms with Gasteiger partial charge in [0.25, 0.3) is 0 Å². The van der Waals surface area contributed by atoms with Gasteiger partial charge in [-0.2, -0.15) is 0 Å². The van der Waals surface area contributed by atoms with Gasteiger partial charge in [0.15, 0.2) is 39.6 Å². The molecule has 0 amide bonds. The lowest BCUT2D eigenvalue weighted by Crippen LogP contribution is -2.63. The highest BCUT2D eigenvalue weighted by Crippen LogP contribution is 2.31. The molecular formula is C17H42O5Si4. The van der Waals surface area contributed by atoms with Crippen LogP contribution >= 0.6 is 0 Å². The highest BCUT2D eigenvalue weighted by Gasteiger charge is 2.48. The molecule has 0 radical (unpaired) electrons. The van der Waals surface area contributed by atoms with Crippen LogP contribution in [0.3, 0.4) is 0 Å². The van der Waals surface area contributed by atoms with Gasteiger partial charge in [-0.05, 0) is 78.6 Å². The first kappa shape index (κ1) is 24.7. The third-order valence-electron chi connectivity index (χ3n) is 3.34. The number of ether oxygens (including phenoxy) is 1. The molecule has 0 saturated carbocycles. The summed E-state index contributed by atoms with van der Waals surface area (Å²) in [6.07, 6.45) is -0.863. The Labute approximate surface area is 165 Å². The van der Waals surface area contributed by atoms with Crippen LogP contribution in [-0.4, -0.2) is 64.5 Å². The minimum atomic E-state index is -1.82. The Morgan fingerprint density at radius 1 is 0.538 bits per heavy atom. The molecule has 0 spiro atoms. The van der Waals surface area contributed by atoms with Crippen molar-refractivity contribution in [2.75, 3.05) is 6.61 Å². The first-order chi connectivity index (χ1) is 11.4. The maximum atomic E-state index is 6.63. The topological polar surface area (TPSA) is 46.2 Å². The monoisotopic (exact) mass is 438 g/mol. The average Bonchev–Trinajstić information content (AvgIpc) is 2.30. The summed E-state index contributed by atoms with van der Waals surface area (Å²) in [6, 6.07) is 0. The quantitative estimate of drug-likeness (QED) is 0.507. The van der Waals surface area contributed by atoms with E-state index in [0.717, 1.165) is 0 Å². The SMILES string of the molecule is C[Si](C)(C)O[C@H]1OC[C@@H](O[Si](C)(C)C)[C@@H](O[Si](C)(C)C)[C@@H]1O[Si](C)(C)C. The summed E-state index contributed by atoms with van der Waals surface area (Å²) in [4.78, 5) is 0. The van der Waals surface area contributed by atoms with E-state index in [1.165, 1.54) is 0 Å². The van der Waals surface area contributed by atoms with Crippen LogP contribution in [0.2, 0.25) is 78.6 Å². The average molecular weight is 439 g/mol. The van der Waals surface area contributed by atoms with Crippen molar-refractivity contribution in [2.45, 2.75) is 103 Å². The van der Waals surface area contributed by atoms with Crippen LogP contribution in [0.4, 0.5) is 0 Å². The standard InChI is InChI=1S/C17H42O5Si4/c1-23(2,3)19-14-13-18-17(22-26(10,11)12)16(21-25(7,8)9)15(14)20-24(4,5)6/h14-17H,13H2,1-12H3/t14-,15-,16+,17-/m1/s1. The summed E-state index contributed by atoms with van der Waals surface area (Å²) in [7, 11) is -7.14. The van der Waals surface area contributed by atoms with Gasteiger partial charge in [-0.25, -0.2) is 0 Å². The van der Waals surface area contributed by atoms with Crippen molar-refractivity contribution in [2.24, 2.45) is 0 Å². The number of hydrogen-bond acceptors (Lipinski definition) is 5. The molecule has 4 atom stereocenters. The Morgan fingerprint density at radius 3 is 1.31 bits per heavy atom.